The van der Waals surface area contributed by atoms with E-state index in [0.717, 1.165) is 31.5 Å². The molecule has 1 saturated heterocycles. The second-order valence-corrected chi connectivity index (χ2v) is 6.54. The Hall–Kier alpha value is -1.58. The number of carbonyl (C=O) groups excluding carboxylic acids is 1. The molecule has 0 spiro atoms. The van der Waals surface area contributed by atoms with E-state index in [0.29, 0.717) is 34.0 Å². The maximum Gasteiger partial charge on any atom is 0.300 e. The summed E-state index contributed by atoms with van der Waals surface area (Å²) in [4.78, 5) is 23.8. The number of ether oxygens (including phenoxy) is 2. The standard InChI is InChI=1S/C13H17NO4S2.C2H4O2/c1-17-10-7-9(8-11(18-2)12(10)20-16)13(15)14-3-5-19-6-4-14;1-2(3)4/h7-8,16H,3-6H2,1-2H3;1H3,(H,3,4). The van der Waals surface area contributed by atoms with Crippen LogP contribution in [0.15, 0.2) is 17.0 Å². The molecule has 24 heavy (non-hydrogen) atoms. The number of thioether (sulfide) groups is 1. The molecule has 0 bridgehead atoms. The van der Waals surface area contributed by atoms with Crippen LogP contribution >= 0.6 is 23.8 Å². The number of carboxylic acids is 1. The highest BCUT2D eigenvalue weighted by atomic mass is 32.2. The van der Waals surface area contributed by atoms with E-state index in [-0.39, 0.29) is 5.91 Å². The number of rotatable bonds is 4. The smallest absolute Gasteiger partial charge is 0.300 e. The third kappa shape index (κ3) is 5.81. The van der Waals surface area contributed by atoms with Crippen molar-refractivity contribution in [2.24, 2.45) is 0 Å². The van der Waals surface area contributed by atoms with Crippen molar-refractivity contribution in [3.63, 3.8) is 0 Å². The molecule has 1 aromatic rings. The Morgan fingerprint density at radius 1 is 1.17 bits per heavy atom. The summed E-state index contributed by atoms with van der Waals surface area (Å²) in [6.07, 6.45) is 0. The van der Waals surface area contributed by atoms with Gasteiger partial charge in [-0.15, -0.1) is 0 Å². The third-order valence-corrected chi connectivity index (χ3v) is 4.62. The maximum absolute atomic E-state index is 12.5. The van der Waals surface area contributed by atoms with E-state index in [1.807, 2.05) is 16.7 Å². The molecule has 134 valence electrons. The average Bonchev–Trinajstić information content (AvgIpc) is 2.59. The molecule has 2 rings (SSSR count). The lowest BCUT2D eigenvalue weighted by Gasteiger charge is -2.26. The summed E-state index contributed by atoms with van der Waals surface area (Å²) >= 11 is 2.40. The van der Waals surface area contributed by atoms with E-state index < -0.39 is 5.97 Å². The Kier molecular flexibility index (Phi) is 8.80. The second kappa shape index (κ2) is 10.3. The van der Waals surface area contributed by atoms with E-state index in [4.69, 9.17) is 19.4 Å². The number of carbonyl (C=O) groups is 2. The van der Waals surface area contributed by atoms with Crippen molar-refractivity contribution >= 4 is 35.7 Å². The number of hydrogen-bond acceptors (Lipinski definition) is 7. The predicted octanol–water partition coefficient (Wildman–Crippen LogP) is 2.55. The molecule has 1 heterocycles. The van der Waals surface area contributed by atoms with E-state index in [1.54, 1.807) is 12.1 Å². The molecule has 1 amide bonds. The number of carboxylic acid groups (broad SMARTS) is 1. The number of amides is 1. The molecule has 0 unspecified atom stereocenters. The Morgan fingerprint density at radius 2 is 1.62 bits per heavy atom. The molecule has 0 aliphatic carbocycles. The molecule has 0 radical (unpaired) electrons. The van der Waals surface area contributed by atoms with E-state index in [9.17, 15) is 9.35 Å². The van der Waals surface area contributed by atoms with Gasteiger partial charge >= 0.3 is 0 Å². The van der Waals surface area contributed by atoms with Gasteiger partial charge in [-0.3, -0.25) is 9.59 Å². The molecule has 1 aliphatic heterocycles. The average molecular weight is 375 g/mol. The number of methoxy groups -OCH3 is 2. The first-order valence-corrected chi connectivity index (χ1v) is 9.01. The molecular weight excluding hydrogens is 354 g/mol. The zero-order valence-electron chi connectivity index (χ0n) is 13.8. The summed E-state index contributed by atoms with van der Waals surface area (Å²) < 4.78 is 19.7. The summed E-state index contributed by atoms with van der Waals surface area (Å²) in [5.74, 6) is 1.93. The summed E-state index contributed by atoms with van der Waals surface area (Å²) in [6, 6.07) is 3.29. The number of hydrogen-bond donors (Lipinski definition) is 2. The predicted molar refractivity (Wildman–Crippen MR) is 94.6 cm³/mol. The van der Waals surface area contributed by atoms with Crippen molar-refractivity contribution in [2.45, 2.75) is 11.8 Å². The molecule has 1 aromatic carbocycles. The monoisotopic (exact) mass is 375 g/mol. The minimum Gasteiger partial charge on any atom is -0.495 e. The molecule has 1 aliphatic rings. The van der Waals surface area contributed by atoms with Crippen LogP contribution in [0.5, 0.6) is 11.5 Å². The summed E-state index contributed by atoms with van der Waals surface area (Å²) in [7, 11) is 3.00. The lowest BCUT2D eigenvalue weighted by atomic mass is 10.1. The zero-order chi connectivity index (χ0) is 18.1. The lowest BCUT2D eigenvalue weighted by molar-refractivity contribution is -0.134. The van der Waals surface area contributed by atoms with Crippen LogP contribution in [0.4, 0.5) is 0 Å². The van der Waals surface area contributed by atoms with E-state index in [1.165, 1.54) is 14.2 Å². The van der Waals surface area contributed by atoms with Gasteiger partial charge in [0.05, 0.1) is 14.2 Å². The maximum atomic E-state index is 12.5. The van der Waals surface area contributed by atoms with Crippen LogP contribution in [0, 0.1) is 0 Å². The first kappa shape index (κ1) is 20.5. The zero-order valence-corrected chi connectivity index (χ0v) is 15.4. The first-order valence-electron chi connectivity index (χ1n) is 7.08. The Labute approximate surface area is 149 Å². The lowest BCUT2D eigenvalue weighted by Crippen LogP contribution is -2.37. The highest BCUT2D eigenvalue weighted by molar-refractivity contribution is 7.99. The first-order chi connectivity index (χ1) is 11.4. The molecule has 0 aromatic heterocycles. The van der Waals surface area contributed by atoms with Gasteiger partial charge < -0.3 is 24.0 Å². The molecule has 1 fully saturated rings. The number of aliphatic carboxylic acids is 1. The molecule has 2 N–H and O–H groups in total. The fourth-order valence-corrected chi connectivity index (χ4v) is 3.41. The van der Waals surface area contributed by atoms with Crippen LogP contribution < -0.4 is 9.47 Å². The van der Waals surface area contributed by atoms with Crippen LogP contribution in [0.3, 0.4) is 0 Å². The minimum absolute atomic E-state index is 0.0311. The number of benzene rings is 1. The Balaban J connectivity index is 0.000000648. The Morgan fingerprint density at radius 3 is 2.00 bits per heavy atom. The molecule has 9 heteroatoms. The van der Waals surface area contributed by atoms with Gasteiger partial charge in [0.2, 0.25) is 0 Å². The van der Waals surface area contributed by atoms with Gasteiger partial charge in [0.15, 0.2) is 0 Å². The minimum atomic E-state index is -0.833. The van der Waals surface area contributed by atoms with Gasteiger partial charge in [-0.05, 0) is 12.1 Å². The number of nitrogens with zero attached hydrogens (tertiary/aromatic N) is 1. The molecule has 7 nitrogen and oxygen atoms in total. The van der Waals surface area contributed by atoms with Crippen molar-refractivity contribution in [3.05, 3.63) is 17.7 Å². The second-order valence-electron chi connectivity index (χ2n) is 4.72. The van der Waals surface area contributed by atoms with E-state index in [2.05, 4.69) is 0 Å². The molecular formula is C15H21NO6S2. The van der Waals surface area contributed by atoms with Gasteiger partial charge in [0, 0.05) is 49.1 Å². The highest BCUT2D eigenvalue weighted by Crippen LogP contribution is 2.37. The fourth-order valence-electron chi connectivity index (χ4n) is 2.04. The van der Waals surface area contributed by atoms with Gasteiger partial charge in [-0.1, -0.05) is 0 Å². The molecule has 0 saturated carbocycles. The van der Waals surface area contributed by atoms with Crippen molar-refractivity contribution in [3.8, 4) is 11.5 Å². The quantitative estimate of drug-likeness (QED) is 0.775. The largest absolute Gasteiger partial charge is 0.495 e. The van der Waals surface area contributed by atoms with Crippen LogP contribution in [0.2, 0.25) is 0 Å². The summed E-state index contributed by atoms with van der Waals surface area (Å²) in [6.45, 7) is 2.59. The Bertz CT molecular complexity index is 546. The van der Waals surface area contributed by atoms with E-state index >= 15 is 0 Å². The highest BCUT2D eigenvalue weighted by Gasteiger charge is 2.22. The van der Waals surface area contributed by atoms with Crippen molar-refractivity contribution in [2.75, 3.05) is 38.8 Å². The SMILES string of the molecule is CC(=O)O.COc1cc(C(=O)N2CCSCC2)cc(OC)c1SO. The van der Waals surface area contributed by atoms with Crippen LogP contribution in [0.1, 0.15) is 17.3 Å². The van der Waals surface area contributed by atoms with Crippen molar-refractivity contribution < 1.29 is 28.7 Å². The summed E-state index contributed by atoms with van der Waals surface area (Å²) in [5.41, 5.74) is 0.517. The normalized spacial score (nSPS) is 13.6. The van der Waals surface area contributed by atoms with Crippen LogP contribution in [-0.4, -0.2) is 65.3 Å². The van der Waals surface area contributed by atoms with Gasteiger partial charge in [0.25, 0.3) is 11.9 Å². The van der Waals surface area contributed by atoms with Crippen LogP contribution in [-0.2, 0) is 4.79 Å². The molecule has 0 atom stereocenters. The van der Waals surface area contributed by atoms with Gasteiger partial charge in [-0.25, -0.2) is 0 Å². The van der Waals surface area contributed by atoms with Gasteiger partial charge in [0.1, 0.15) is 16.4 Å². The van der Waals surface area contributed by atoms with Gasteiger partial charge in [-0.2, -0.15) is 11.8 Å². The fraction of sp³-hybridized carbons (Fsp3) is 0.467. The topological polar surface area (TPSA) is 96.3 Å². The summed E-state index contributed by atoms with van der Waals surface area (Å²) in [5, 5.41) is 7.42. The third-order valence-electron chi connectivity index (χ3n) is 3.10. The van der Waals surface area contributed by atoms with Crippen LogP contribution in [0.25, 0.3) is 0 Å². The van der Waals surface area contributed by atoms with Crippen molar-refractivity contribution in [1.82, 2.24) is 4.90 Å². The van der Waals surface area contributed by atoms with Crippen molar-refractivity contribution in [1.29, 1.82) is 0 Å².